The van der Waals surface area contributed by atoms with E-state index in [-0.39, 0.29) is 25.2 Å². The molecule has 4 aromatic rings. The number of thiophene rings is 1. The molecule has 35 heavy (non-hydrogen) atoms. The Morgan fingerprint density at radius 1 is 1.09 bits per heavy atom. The number of aromatic nitrogens is 4. The number of benzene rings is 2. The van der Waals surface area contributed by atoms with Crippen LogP contribution in [0.1, 0.15) is 53.4 Å². The van der Waals surface area contributed by atoms with Gasteiger partial charge in [-0.1, -0.05) is 30.3 Å². The summed E-state index contributed by atoms with van der Waals surface area (Å²) in [5.41, 5.74) is 2.36. The summed E-state index contributed by atoms with van der Waals surface area (Å²) < 4.78 is 12.7. The van der Waals surface area contributed by atoms with Crippen molar-refractivity contribution in [3.8, 4) is 16.9 Å². The van der Waals surface area contributed by atoms with Gasteiger partial charge in [-0.15, -0.1) is 16.4 Å². The van der Waals surface area contributed by atoms with Gasteiger partial charge in [0.25, 0.3) is 5.91 Å². The molecule has 0 fully saturated rings. The van der Waals surface area contributed by atoms with Crippen molar-refractivity contribution in [1.82, 2.24) is 20.2 Å². The van der Waals surface area contributed by atoms with E-state index < -0.39 is 5.97 Å². The highest BCUT2D eigenvalue weighted by molar-refractivity contribution is 7.15. The largest absolute Gasteiger partial charge is 0.486 e. The average molecular weight is 492 g/mol. The zero-order chi connectivity index (χ0) is 24.8. The summed E-state index contributed by atoms with van der Waals surface area (Å²) in [6.07, 6.45) is 0. The summed E-state index contributed by atoms with van der Waals surface area (Å²) in [6, 6.07) is 16.4. The van der Waals surface area contributed by atoms with Gasteiger partial charge in [-0.3, -0.25) is 4.79 Å². The van der Waals surface area contributed by atoms with Crippen molar-refractivity contribution in [1.29, 1.82) is 0 Å². The summed E-state index contributed by atoms with van der Waals surface area (Å²) in [7, 11) is 0. The molecular weight excluding hydrogens is 466 g/mol. The highest BCUT2D eigenvalue weighted by Crippen LogP contribution is 2.36. The van der Waals surface area contributed by atoms with Crippen LogP contribution in [0.5, 0.6) is 5.75 Å². The van der Waals surface area contributed by atoms with E-state index in [9.17, 15) is 9.59 Å². The summed E-state index contributed by atoms with van der Waals surface area (Å²) in [4.78, 5) is 25.7. The van der Waals surface area contributed by atoms with Crippen LogP contribution in [0.25, 0.3) is 11.1 Å². The molecule has 2 heterocycles. The molecule has 0 aliphatic rings. The quantitative estimate of drug-likeness (QED) is 0.329. The van der Waals surface area contributed by atoms with Crippen LogP contribution in [-0.4, -0.2) is 38.7 Å². The number of hydrogen-bond acceptors (Lipinski definition) is 8. The molecule has 0 bridgehead atoms. The SMILES string of the molecule is CCOC(=O)c1c(-c2ccccc2)csc1NC(=O)c1ccc(OCc2nnnn2C(C)C)cc1. The van der Waals surface area contributed by atoms with Gasteiger partial charge in [0.15, 0.2) is 5.82 Å². The maximum absolute atomic E-state index is 12.9. The van der Waals surface area contributed by atoms with Crippen LogP contribution in [0.2, 0.25) is 0 Å². The predicted molar refractivity (Wildman–Crippen MR) is 133 cm³/mol. The first kappa shape index (κ1) is 24.1. The number of hydrogen-bond donors (Lipinski definition) is 1. The molecule has 0 saturated heterocycles. The van der Waals surface area contributed by atoms with Gasteiger partial charge in [-0.25, -0.2) is 9.48 Å². The third-order valence-electron chi connectivity index (χ3n) is 5.12. The van der Waals surface area contributed by atoms with Crippen LogP contribution in [0.4, 0.5) is 5.00 Å². The number of anilines is 1. The molecule has 0 unspecified atom stereocenters. The molecule has 2 aromatic carbocycles. The minimum atomic E-state index is -0.476. The van der Waals surface area contributed by atoms with Gasteiger partial charge in [-0.2, -0.15) is 0 Å². The number of amides is 1. The summed E-state index contributed by atoms with van der Waals surface area (Å²) >= 11 is 1.28. The normalized spacial score (nSPS) is 10.9. The third-order valence-corrected chi connectivity index (χ3v) is 6.01. The van der Waals surface area contributed by atoms with Crippen molar-refractivity contribution in [2.24, 2.45) is 0 Å². The molecule has 0 atom stereocenters. The monoisotopic (exact) mass is 491 g/mol. The molecule has 0 aliphatic carbocycles. The van der Waals surface area contributed by atoms with Gasteiger partial charge < -0.3 is 14.8 Å². The molecule has 4 rings (SSSR count). The van der Waals surface area contributed by atoms with Gasteiger partial charge >= 0.3 is 5.97 Å². The summed E-state index contributed by atoms with van der Waals surface area (Å²) in [5, 5.41) is 16.8. The molecular formula is C25H25N5O4S. The Labute approximate surface area is 206 Å². The molecule has 0 saturated carbocycles. The Morgan fingerprint density at radius 2 is 1.83 bits per heavy atom. The first-order valence-electron chi connectivity index (χ1n) is 11.1. The van der Waals surface area contributed by atoms with E-state index in [2.05, 4.69) is 20.8 Å². The van der Waals surface area contributed by atoms with Gasteiger partial charge in [0.2, 0.25) is 0 Å². The zero-order valence-corrected chi connectivity index (χ0v) is 20.4. The van der Waals surface area contributed by atoms with Crippen molar-refractivity contribution < 1.29 is 19.1 Å². The van der Waals surface area contributed by atoms with Crippen LogP contribution in [-0.2, 0) is 11.3 Å². The van der Waals surface area contributed by atoms with E-state index in [0.29, 0.717) is 27.7 Å². The van der Waals surface area contributed by atoms with E-state index in [4.69, 9.17) is 9.47 Å². The number of rotatable bonds is 9. The molecule has 1 N–H and O–H groups in total. The minimum Gasteiger partial charge on any atom is -0.486 e. The van der Waals surface area contributed by atoms with Crippen molar-refractivity contribution >= 4 is 28.2 Å². The Morgan fingerprint density at radius 3 is 2.51 bits per heavy atom. The number of nitrogens with zero attached hydrogens (tertiary/aromatic N) is 4. The number of ether oxygens (including phenoxy) is 2. The number of nitrogens with one attached hydrogen (secondary N) is 1. The van der Waals surface area contributed by atoms with Crippen molar-refractivity contribution in [2.45, 2.75) is 33.4 Å². The fourth-order valence-corrected chi connectivity index (χ4v) is 4.37. The van der Waals surface area contributed by atoms with Crippen LogP contribution >= 0.6 is 11.3 Å². The third kappa shape index (κ3) is 5.55. The van der Waals surface area contributed by atoms with Crippen molar-refractivity contribution in [3.05, 3.63) is 76.9 Å². The van der Waals surface area contributed by atoms with Crippen LogP contribution in [0, 0.1) is 0 Å². The van der Waals surface area contributed by atoms with Crippen LogP contribution < -0.4 is 10.1 Å². The fraction of sp³-hybridized carbons (Fsp3) is 0.240. The lowest BCUT2D eigenvalue weighted by atomic mass is 10.0. The van der Waals surface area contributed by atoms with Gasteiger partial charge in [-0.05, 0) is 61.0 Å². The molecule has 2 aromatic heterocycles. The second kappa shape index (κ2) is 10.9. The maximum atomic E-state index is 12.9. The second-order valence-electron chi connectivity index (χ2n) is 7.84. The number of carbonyl (C=O) groups is 2. The zero-order valence-electron chi connectivity index (χ0n) is 19.6. The molecule has 180 valence electrons. The maximum Gasteiger partial charge on any atom is 0.341 e. The number of carbonyl (C=O) groups excluding carboxylic acids is 2. The topological polar surface area (TPSA) is 108 Å². The molecule has 0 aliphatic heterocycles. The lowest BCUT2D eigenvalue weighted by molar-refractivity contribution is 0.0529. The summed E-state index contributed by atoms with van der Waals surface area (Å²) in [6.45, 7) is 6.16. The van der Waals surface area contributed by atoms with Crippen LogP contribution in [0.3, 0.4) is 0 Å². The van der Waals surface area contributed by atoms with E-state index in [1.807, 2.05) is 49.6 Å². The van der Waals surface area contributed by atoms with E-state index >= 15 is 0 Å². The first-order chi connectivity index (χ1) is 17.0. The highest BCUT2D eigenvalue weighted by Gasteiger charge is 2.23. The highest BCUT2D eigenvalue weighted by atomic mass is 32.1. The van der Waals surface area contributed by atoms with E-state index in [1.165, 1.54) is 11.3 Å². The van der Waals surface area contributed by atoms with Crippen LogP contribution in [0.15, 0.2) is 60.0 Å². The number of tetrazole rings is 1. The first-order valence-corrected chi connectivity index (χ1v) is 12.0. The smallest absolute Gasteiger partial charge is 0.341 e. The molecule has 0 radical (unpaired) electrons. The Balaban J connectivity index is 1.48. The van der Waals surface area contributed by atoms with Crippen molar-refractivity contribution in [2.75, 3.05) is 11.9 Å². The molecule has 1 amide bonds. The average Bonchev–Trinajstić information content (AvgIpc) is 3.51. The summed E-state index contributed by atoms with van der Waals surface area (Å²) in [5.74, 6) is 0.373. The lowest BCUT2D eigenvalue weighted by Gasteiger charge is -2.10. The van der Waals surface area contributed by atoms with Gasteiger partial charge in [0, 0.05) is 16.5 Å². The molecule has 9 nitrogen and oxygen atoms in total. The van der Waals surface area contributed by atoms with Gasteiger partial charge in [0.05, 0.1) is 12.6 Å². The molecule has 10 heteroatoms. The fourth-order valence-electron chi connectivity index (χ4n) is 3.42. The van der Waals surface area contributed by atoms with Gasteiger partial charge in [0.1, 0.15) is 22.9 Å². The lowest BCUT2D eigenvalue weighted by Crippen LogP contribution is -2.15. The minimum absolute atomic E-state index is 0.119. The Hall–Kier alpha value is -4.05. The van der Waals surface area contributed by atoms with E-state index in [1.54, 1.807) is 35.9 Å². The standard InChI is InChI=1S/C25H25N5O4S/c1-4-33-25(32)22-20(17-8-6-5-7-9-17)15-35-24(22)26-23(31)18-10-12-19(13-11-18)34-14-21-27-28-29-30(21)16(2)3/h5-13,15-16H,4,14H2,1-3H3,(H,26,31). The Kier molecular flexibility index (Phi) is 7.51. The molecule has 0 spiro atoms. The predicted octanol–water partition coefficient (Wildman–Crippen LogP) is 4.99. The van der Waals surface area contributed by atoms with Crippen molar-refractivity contribution in [3.63, 3.8) is 0 Å². The number of esters is 1. The van der Waals surface area contributed by atoms with E-state index in [0.717, 1.165) is 11.1 Å². The Bertz CT molecular complexity index is 1300. The second-order valence-corrected chi connectivity index (χ2v) is 8.72.